The van der Waals surface area contributed by atoms with E-state index in [0.717, 1.165) is 13.1 Å². The second-order valence-corrected chi connectivity index (χ2v) is 5.91. The molecule has 3 nitrogen and oxygen atoms in total. The lowest BCUT2D eigenvalue weighted by Gasteiger charge is -2.38. The highest BCUT2D eigenvalue weighted by atomic mass is 16.2. The quantitative estimate of drug-likeness (QED) is 0.790. The first kappa shape index (κ1) is 11.9. The zero-order valence-corrected chi connectivity index (χ0v) is 10.8. The Morgan fingerprint density at radius 1 is 1.31 bits per heavy atom. The Balaban J connectivity index is 2.00. The van der Waals surface area contributed by atoms with Gasteiger partial charge in [0.2, 0.25) is 5.91 Å². The number of carbonyl (C=O) groups excluding carboxylic acids is 1. The normalized spacial score (nSPS) is 26.6. The van der Waals surface area contributed by atoms with E-state index in [1.807, 2.05) is 11.9 Å². The summed E-state index contributed by atoms with van der Waals surface area (Å²) in [6, 6.07) is 0.531. The van der Waals surface area contributed by atoms with Crippen molar-refractivity contribution >= 4 is 5.91 Å². The molecule has 1 saturated carbocycles. The summed E-state index contributed by atoms with van der Waals surface area (Å²) in [6.07, 6.45) is 4.78. The molecule has 2 fully saturated rings. The maximum Gasteiger partial charge on any atom is 0.228 e. The molecule has 1 aliphatic carbocycles. The standard InChI is InChI=1S/C13H24N2O/c1-13(2,10-5-4-8-14-9-10)12(16)15(3)11-6-7-11/h10-11,14H,4-9H2,1-3H3. The maximum absolute atomic E-state index is 12.4. The maximum atomic E-state index is 12.4. The van der Waals surface area contributed by atoms with E-state index in [1.54, 1.807) is 0 Å². The largest absolute Gasteiger partial charge is 0.342 e. The highest BCUT2D eigenvalue weighted by molar-refractivity contribution is 5.82. The first-order valence-electron chi connectivity index (χ1n) is 6.51. The Kier molecular flexibility index (Phi) is 3.24. The summed E-state index contributed by atoms with van der Waals surface area (Å²) in [5.41, 5.74) is -0.204. The monoisotopic (exact) mass is 224 g/mol. The molecule has 16 heavy (non-hydrogen) atoms. The third kappa shape index (κ3) is 2.24. The molecule has 1 amide bonds. The molecule has 3 heteroatoms. The average molecular weight is 224 g/mol. The molecule has 1 heterocycles. The van der Waals surface area contributed by atoms with Gasteiger partial charge in [0.05, 0.1) is 0 Å². The van der Waals surface area contributed by atoms with E-state index in [1.165, 1.54) is 25.7 Å². The van der Waals surface area contributed by atoms with Crippen LogP contribution in [0.3, 0.4) is 0 Å². The van der Waals surface area contributed by atoms with E-state index < -0.39 is 0 Å². The van der Waals surface area contributed by atoms with Crippen molar-refractivity contribution in [1.82, 2.24) is 10.2 Å². The van der Waals surface area contributed by atoms with Gasteiger partial charge >= 0.3 is 0 Å². The third-order valence-corrected chi connectivity index (χ3v) is 4.28. The fourth-order valence-electron chi connectivity index (χ4n) is 2.72. The molecule has 0 aromatic carbocycles. The Labute approximate surface area is 98.6 Å². The van der Waals surface area contributed by atoms with Gasteiger partial charge in [0.25, 0.3) is 0 Å². The van der Waals surface area contributed by atoms with E-state index >= 15 is 0 Å². The Hall–Kier alpha value is -0.570. The van der Waals surface area contributed by atoms with Crippen molar-refractivity contribution in [3.05, 3.63) is 0 Å². The summed E-state index contributed by atoms with van der Waals surface area (Å²) in [5.74, 6) is 0.832. The van der Waals surface area contributed by atoms with Crippen LogP contribution in [0.4, 0.5) is 0 Å². The molecule has 0 radical (unpaired) electrons. The van der Waals surface area contributed by atoms with Gasteiger partial charge in [-0.1, -0.05) is 13.8 Å². The molecule has 0 aromatic heterocycles. The van der Waals surface area contributed by atoms with E-state index in [4.69, 9.17) is 0 Å². The van der Waals surface area contributed by atoms with Gasteiger partial charge in [-0.3, -0.25) is 4.79 Å². The lowest BCUT2D eigenvalue weighted by molar-refractivity contribution is -0.143. The molecule has 0 aromatic rings. The van der Waals surface area contributed by atoms with E-state index in [9.17, 15) is 4.79 Å². The average Bonchev–Trinajstić information content (AvgIpc) is 3.12. The van der Waals surface area contributed by atoms with Gasteiger partial charge in [0.1, 0.15) is 0 Å². The zero-order valence-electron chi connectivity index (χ0n) is 10.8. The molecule has 92 valence electrons. The van der Waals surface area contributed by atoms with Crippen LogP contribution in [-0.4, -0.2) is 37.0 Å². The van der Waals surface area contributed by atoms with Crippen molar-refractivity contribution in [3.63, 3.8) is 0 Å². The number of rotatable bonds is 3. The number of hydrogen-bond donors (Lipinski definition) is 1. The van der Waals surface area contributed by atoms with Crippen LogP contribution < -0.4 is 5.32 Å². The van der Waals surface area contributed by atoms with Crippen LogP contribution in [-0.2, 0) is 4.79 Å². The number of nitrogens with zero attached hydrogens (tertiary/aromatic N) is 1. The van der Waals surface area contributed by atoms with Gasteiger partial charge < -0.3 is 10.2 Å². The van der Waals surface area contributed by atoms with Gasteiger partial charge in [-0.15, -0.1) is 0 Å². The van der Waals surface area contributed by atoms with Gasteiger partial charge in [-0.25, -0.2) is 0 Å². The third-order valence-electron chi connectivity index (χ3n) is 4.28. The smallest absolute Gasteiger partial charge is 0.228 e. The van der Waals surface area contributed by atoms with Crippen molar-refractivity contribution in [2.24, 2.45) is 11.3 Å². The minimum atomic E-state index is -0.204. The summed E-state index contributed by atoms with van der Waals surface area (Å²) in [5, 5.41) is 3.41. The number of carbonyl (C=O) groups is 1. The summed E-state index contributed by atoms with van der Waals surface area (Å²) >= 11 is 0. The second kappa shape index (κ2) is 4.36. The lowest BCUT2D eigenvalue weighted by Crippen LogP contribution is -2.48. The number of piperidine rings is 1. The predicted octanol–water partition coefficient (Wildman–Crippen LogP) is 1.63. The number of nitrogens with one attached hydrogen (secondary N) is 1. The van der Waals surface area contributed by atoms with Crippen LogP contribution in [0.1, 0.15) is 39.5 Å². The van der Waals surface area contributed by atoms with Crippen LogP contribution >= 0.6 is 0 Å². The zero-order chi connectivity index (χ0) is 11.8. The molecule has 1 atom stereocenters. The minimum Gasteiger partial charge on any atom is -0.342 e. The summed E-state index contributed by atoms with van der Waals surface area (Å²) in [7, 11) is 1.97. The fraction of sp³-hybridized carbons (Fsp3) is 0.923. The molecule has 1 unspecified atom stereocenters. The highest BCUT2D eigenvalue weighted by Crippen LogP contribution is 2.36. The van der Waals surface area contributed by atoms with Crippen molar-refractivity contribution in [2.75, 3.05) is 20.1 Å². The van der Waals surface area contributed by atoms with E-state index in [2.05, 4.69) is 19.2 Å². The lowest BCUT2D eigenvalue weighted by atomic mass is 9.74. The Morgan fingerprint density at radius 2 is 2.00 bits per heavy atom. The van der Waals surface area contributed by atoms with Crippen LogP contribution in [0.15, 0.2) is 0 Å². The molecule has 0 bridgehead atoms. The Bertz CT molecular complexity index is 265. The van der Waals surface area contributed by atoms with Crippen molar-refractivity contribution in [1.29, 1.82) is 0 Å². The topological polar surface area (TPSA) is 32.3 Å². The first-order chi connectivity index (χ1) is 7.53. The number of hydrogen-bond acceptors (Lipinski definition) is 2. The van der Waals surface area contributed by atoms with E-state index in [-0.39, 0.29) is 5.41 Å². The van der Waals surface area contributed by atoms with Gasteiger partial charge in [0.15, 0.2) is 0 Å². The van der Waals surface area contributed by atoms with Gasteiger partial charge in [-0.2, -0.15) is 0 Å². The molecule has 2 rings (SSSR count). The molecule has 1 N–H and O–H groups in total. The van der Waals surface area contributed by atoms with Crippen molar-refractivity contribution < 1.29 is 4.79 Å². The second-order valence-electron chi connectivity index (χ2n) is 5.91. The number of amides is 1. The van der Waals surface area contributed by atoms with Gasteiger partial charge in [0, 0.05) is 18.5 Å². The molecule has 1 aliphatic heterocycles. The molecule has 1 saturated heterocycles. The first-order valence-corrected chi connectivity index (χ1v) is 6.51. The minimum absolute atomic E-state index is 0.204. The van der Waals surface area contributed by atoms with Crippen molar-refractivity contribution in [2.45, 2.75) is 45.6 Å². The van der Waals surface area contributed by atoms with Crippen molar-refractivity contribution in [3.8, 4) is 0 Å². The van der Waals surface area contributed by atoms with Crippen LogP contribution in [0.5, 0.6) is 0 Å². The summed E-state index contributed by atoms with van der Waals surface area (Å²) in [4.78, 5) is 14.4. The molecule has 0 spiro atoms. The molecule has 2 aliphatic rings. The van der Waals surface area contributed by atoms with Crippen LogP contribution in [0.2, 0.25) is 0 Å². The molecular formula is C13H24N2O. The van der Waals surface area contributed by atoms with Crippen LogP contribution in [0, 0.1) is 11.3 Å². The van der Waals surface area contributed by atoms with Crippen LogP contribution in [0.25, 0.3) is 0 Å². The molecular weight excluding hydrogens is 200 g/mol. The SMILES string of the molecule is CN(C(=O)C(C)(C)C1CCCNC1)C1CC1. The fourth-order valence-corrected chi connectivity index (χ4v) is 2.72. The summed E-state index contributed by atoms with van der Waals surface area (Å²) in [6.45, 7) is 6.34. The Morgan fingerprint density at radius 3 is 2.50 bits per heavy atom. The summed E-state index contributed by atoms with van der Waals surface area (Å²) < 4.78 is 0. The van der Waals surface area contributed by atoms with Gasteiger partial charge in [-0.05, 0) is 44.7 Å². The highest BCUT2D eigenvalue weighted by Gasteiger charge is 2.42. The predicted molar refractivity (Wildman–Crippen MR) is 65.2 cm³/mol. The van der Waals surface area contributed by atoms with E-state index in [0.29, 0.717) is 17.9 Å².